The van der Waals surface area contributed by atoms with Gasteiger partial charge in [-0.05, 0) is 63.5 Å². The van der Waals surface area contributed by atoms with E-state index in [4.69, 9.17) is 9.47 Å². The molecule has 2 atom stereocenters. The van der Waals surface area contributed by atoms with Crippen molar-refractivity contribution in [2.75, 3.05) is 26.0 Å². The molecule has 25 heavy (non-hydrogen) atoms. The average Bonchev–Trinajstić information content (AvgIpc) is 3.44. The summed E-state index contributed by atoms with van der Waals surface area (Å²) in [7, 11) is 0. The number of hydrogen-bond acceptors (Lipinski definition) is 5. The number of ether oxygens (including phenoxy) is 2. The van der Waals surface area contributed by atoms with Crippen LogP contribution >= 0.6 is 11.9 Å². The zero-order chi connectivity index (χ0) is 17.6. The van der Waals surface area contributed by atoms with Crippen LogP contribution in [0, 0.1) is 5.92 Å². The second-order valence-electron chi connectivity index (χ2n) is 7.86. The van der Waals surface area contributed by atoms with Gasteiger partial charge in [0.15, 0.2) is 0 Å². The van der Waals surface area contributed by atoms with Gasteiger partial charge < -0.3 is 14.4 Å². The van der Waals surface area contributed by atoms with Gasteiger partial charge in [-0.15, -0.1) is 0 Å². The predicted molar refractivity (Wildman–Crippen MR) is 102 cm³/mol. The van der Waals surface area contributed by atoms with E-state index in [1.807, 2.05) is 11.2 Å². The van der Waals surface area contributed by atoms with Crippen molar-refractivity contribution in [1.82, 2.24) is 9.62 Å². The molecule has 0 bridgehead atoms. The van der Waals surface area contributed by atoms with Crippen LogP contribution < -0.4 is 4.72 Å². The highest BCUT2D eigenvalue weighted by Gasteiger charge is 2.34. The molecule has 3 fully saturated rings. The number of nitrogens with one attached hydrogen (secondary N) is 1. The molecule has 0 spiro atoms. The SMILES string of the molecule is CSN[C@H]1CCCN(C(C)=O)[C@H]1COC1CCC(OCC2CC2)CC1. The van der Waals surface area contributed by atoms with Crippen LogP contribution in [0.1, 0.15) is 58.3 Å². The van der Waals surface area contributed by atoms with Crippen molar-refractivity contribution in [1.29, 1.82) is 0 Å². The van der Waals surface area contributed by atoms with Crippen LogP contribution in [0.4, 0.5) is 0 Å². The van der Waals surface area contributed by atoms with Gasteiger partial charge in [0.25, 0.3) is 0 Å². The molecular weight excluding hydrogens is 336 g/mol. The molecule has 0 aromatic heterocycles. The Hall–Kier alpha value is -0.300. The Morgan fingerprint density at radius 3 is 2.24 bits per heavy atom. The molecule has 5 nitrogen and oxygen atoms in total. The minimum atomic E-state index is 0.155. The molecule has 1 heterocycles. The Kier molecular flexibility index (Phi) is 7.46. The standard InChI is InChI=1S/C19H34N2O3S/c1-14(22)21-11-3-4-18(20-25-2)19(21)13-24-17-9-7-16(8-10-17)23-12-15-5-6-15/h15-20H,3-13H2,1-2H3/t16?,17?,18-,19-/m0/s1. The highest BCUT2D eigenvalue weighted by Crippen LogP contribution is 2.31. The Labute approximate surface area is 156 Å². The summed E-state index contributed by atoms with van der Waals surface area (Å²) >= 11 is 1.64. The van der Waals surface area contributed by atoms with E-state index >= 15 is 0 Å². The Morgan fingerprint density at radius 2 is 1.68 bits per heavy atom. The van der Waals surface area contributed by atoms with E-state index < -0.39 is 0 Å². The van der Waals surface area contributed by atoms with E-state index in [2.05, 4.69) is 4.72 Å². The summed E-state index contributed by atoms with van der Waals surface area (Å²) in [6.07, 6.45) is 12.1. The monoisotopic (exact) mass is 370 g/mol. The first-order valence-corrected chi connectivity index (χ1v) is 11.2. The van der Waals surface area contributed by atoms with Gasteiger partial charge >= 0.3 is 0 Å². The van der Waals surface area contributed by atoms with E-state index in [0.29, 0.717) is 24.9 Å². The van der Waals surface area contributed by atoms with Gasteiger partial charge in [0.05, 0.1) is 24.9 Å². The van der Waals surface area contributed by atoms with Crippen LogP contribution in [0.3, 0.4) is 0 Å². The van der Waals surface area contributed by atoms with Crippen LogP contribution in [0.25, 0.3) is 0 Å². The lowest BCUT2D eigenvalue weighted by Crippen LogP contribution is -2.56. The zero-order valence-corrected chi connectivity index (χ0v) is 16.6. The second-order valence-corrected chi connectivity index (χ2v) is 8.50. The summed E-state index contributed by atoms with van der Waals surface area (Å²) in [6.45, 7) is 4.15. The van der Waals surface area contributed by atoms with Crippen LogP contribution in [-0.4, -0.2) is 61.1 Å². The molecule has 6 heteroatoms. The smallest absolute Gasteiger partial charge is 0.219 e. The van der Waals surface area contributed by atoms with E-state index in [1.165, 1.54) is 12.8 Å². The van der Waals surface area contributed by atoms with Crippen LogP contribution in [-0.2, 0) is 14.3 Å². The van der Waals surface area contributed by atoms with Crippen molar-refractivity contribution in [2.45, 2.75) is 82.6 Å². The lowest BCUT2D eigenvalue weighted by Gasteiger charge is -2.41. The molecule has 0 radical (unpaired) electrons. The fourth-order valence-electron chi connectivity index (χ4n) is 4.10. The molecule has 2 saturated carbocycles. The fourth-order valence-corrected chi connectivity index (χ4v) is 4.68. The lowest BCUT2D eigenvalue weighted by molar-refractivity contribution is -0.136. The van der Waals surface area contributed by atoms with E-state index in [0.717, 1.165) is 57.6 Å². The first-order valence-electron chi connectivity index (χ1n) is 9.96. The third kappa shape index (κ3) is 5.84. The van der Waals surface area contributed by atoms with Gasteiger partial charge in [0.1, 0.15) is 0 Å². The van der Waals surface area contributed by atoms with Gasteiger partial charge in [0.2, 0.25) is 5.91 Å². The fraction of sp³-hybridized carbons (Fsp3) is 0.947. The van der Waals surface area contributed by atoms with E-state index in [1.54, 1.807) is 18.9 Å². The second kappa shape index (κ2) is 9.58. The third-order valence-electron chi connectivity index (χ3n) is 5.84. The number of nitrogens with zero attached hydrogens (tertiary/aromatic N) is 1. The molecule has 3 rings (SSSR count). The molecule has 0 aromatic rings. The molecule has 0 aromatic carbocycles. The van der Waals surface area contributed by atoms with Gasteiger partial charge in [0, 0.05) is 26.1 Å². The highest BCUT2D eigenvalue weighted by molar-refractivity contribution is 7.96. The van der Waals surface area contributed by atoms with Gasteiger partial charge in [-0.2, -0.15) is 0 Å². The molecule has 1 N–H and O–H groups in total. The van der Waals surface area contributed by atoms with E-state index in [-0.39, 0.29) is 11.9 Å². The topological polar surface area (TPSA) is 50.8 Å². The molecule has 1 aliphatic heterocycles. The summed E-state index contributed by atoms with van der Waals surface area (Å²) < 4.78 is 15.8. The van der Waals surface area contributed by atoms with Crippen molar-refractivity contribution in [3.8, 4) is 0 Å². The summed E-state index contributed by atoms with van der Waals surface area (Å²) in [6, 6.07) is 0.480. The highest BCUT2D eigenvalue weighted by atomic mass is 32.2. The van der Waals surface area contributed by atoms with Gasteiger partial charge in [-0.25, -0.2) is 0 Å². The number of piperidine rings is 1. The maximum atomic E-state index is 12.0. The minimum absolute atomic E-state index is 0.155. The summed E-state index contributed by atoms with van der Waals surface area (Å²) in [4.78, 5) is 14.0. The molecule has 144 valence electrons. The van der Waals surface area contributed by atoms with Crippen molar-refractivity contribution < 1.29 is 14.3 Å². The molecule has 2 aliphatic carbocycles. The molecular formula is C19H34N2O3S. The number of rotatable bonds is 8. The first kappa shape index (κ1) is 19.5. The maximum Gasteiger partial charge on any atom is 0.219 e. The van der Waals surface area contributed by atoms with Crippen molar-refractivity contribution >= 4 is 17.9 Å². The summed E-state index contributed by atoms with van der Waals surface area (Å²) in [5.74, 6) is 1.01. The van der Waals surface area contributed by atoms with Crippen LogP contribution in [0.5, 0.6) is 0 Å². The number of carbonyl (C=O) groups excluding carboxylic acids is 1. The molecule has 1 saturated heterocycles. The largest absolute Gasteiger partial charge is 0.378 e. The van der Waals surface area contributed by atoms with Crippen molar-refractivity contribution in [3.63, 3.8) is 0 Å². The molecule has 0 unspecified atom stereocenters. The Morgan fingerprint density at radius 1 is 1.04 bits per heavy atom. The first-order chi connectivity index (χ1) is 12.2. The summed E-state index contributed by atoms with van der Waals surface area (Å²) in [5, 5.41) is 0. The Bertz CT molecular complexity index is 423. The number of likely N-dealkylation sites (tertiary alicyclic amines) is 1. The van der Waals surface area contributed by atoms with Crippen LogP contribution in [0.2, 0.25) is 0 Å². The maximum absolute atomic E-state index is 12.0. The van der Waals surface area contributed by atoms with Gasteiger partial charge in [-0.1, -0.05) is 11.9 Å². The van der Waals surface area contributed by atoms with Crippen molar-refractivity contribution in [3.05, 3.63) is 0 Å². The lowest BCUT2D eigenvalue weighted by atomic mass is 9.94. The number of carbonyl (C=O) groups is 1. The molecule has 3 aliphatic rings. The number of hydrogen-bond donors (Lipinski definition) is 1. The average molecular weight is 371 g/mol. The predicted octanol–water partition coefficient (Wildman–Crippen LogP) is 2.99. The van der Waals surface area contributed by atoms with Gasteiger partial charge in [-0.3, -0.25) is 9.52 Å². The Balaban J connectivity index is 1.42. The normalized spacial score (nSPS) is 33.4. The van der Waals surface area contributed by atoms with Crippen molar-refractivity contribution in [2.24, 2.45) is 5.92 Å². The zero-order valence-electron chi connectivity index (χ0n) is 15.7. The third-order valence-corrected chi connectivity index (χ3v) is 6.38. The minimum Gasteiger partial charge on any atom is -0.378 e. The van der Waals surface area contributed by atoms with E-state index in [9.17, 15) is 4.79 Å². The van der Waals surface area contributed by atoms with Crippen LogP contribution in [0.15, 0.2) is 0 Å². The summed E-state index contributed by atoms with van der Waals surface area (Å²) in [5.41, 5.74) is 0. The quantitative estimate of drug-likeness (QED) is 0.666. The number of amides is 1. The molecule has 1 amide bonds.